The number of hydrogen-bond acceptors (Lipinski definition) is 3. The Bertz CT molecular complexity index is 772. The predicted molar refractivity (Wildman–Crippen MR) is 95.5 cm³/mol. The Morgan fingerprint density at radius 2 is 1.67 bits per heavy atom. The molecular weight excluding hydrogens is 324 g/mol. The van der Waals surface area contributed by atoms with Crippen LogP contribution in [0.4, 0.5) is 5.69 Å². The van der Waals surface area contributed by atoms with Crippen molar-refractivity contribution in [2.75, 3.05) is 17.9 Å². The van der Waals surface area contributed by atoms with Crippen LogP contribution in [0.15, 0.2) is 59.5 Å². The normalized spacial score (nSPS) is 11.1. The van der Waals surface area contributed by atoms with Crippen molar-refractivity contribution in [3.8, 4) is 0 Å². The average molecular weight is 346 g/mol. The molecule has 5 nitrogen and oxygen atoms in total. The second-order valence-electron chi connectivity index (χ2n) is 5.48. The van der Waals surface area contributed by atoms with Crippen LogP contribution in [0.2, 0.25) is 0 Å². The summed E-state index contributed by atoms with van der Waals surface area (Å²) in [6.07, 6.45) is 1.18. The molecule has 0 heterocycles. The molecule has 0 saturated carbocycles. The highest BCUT2D eigenvalue weighted by atomic mass is 32.2. The summed E-state index contributed by atoms with van der Waals surface area (Å²) in [6.45, 7) is 2.66. The Labute approximate surface area is 143 Å². The maximum Gasteiger partial charge on any atom is 0.264 e. The summed E-state index contributed by atoms with van der Waals surface area (Å²) in [6, 6.07) is 15.3. The van der Waals surface area contributed by atoms with Crippen LogP contribution in [-0.2, 0) is 21.2 Å². The third kappa shape index (κ3) is 4.35. The lowest BCUT2D eigenvalue weighted by molar-refractivity contribution is -0.120. The molecular formula is C18H22N2O3S. The first-order chi connectivity index (χ1) is 11.4. The lowest BCUT2D eigenvalue weighted by Crippen LogP contribution is -2.27. The van der Waals surface area contributed by atoms with Crippen molar-refractivity contribution in [2.24, 2.45) is 0 Å². The predicted octanol–water partition coefficient (Wildman–Crippen LogP) is 2.58. The van der Waals surface area contributed by atoms with E-state index in [-0.39, 0.29) is 17.2 Å². The summed E-state index contributed by atoms with van der Waals surface area (Å²) in [5, 5.41) is 2.82. The smallest absolute Gasteiger partial charge is 0.264 e. The number of rotatable bonds is 7. The summed E-state index contributed by atoms with van der Waals surface area (Å²) in [7, 11) is -2.07. The summed E-state index contributed by atoms with van der Waals surface area (Å²) < 4.78 is 26.4. The molecule has 6 heteroatoms. The fraction of sp³-hybridized carbons (Fsp3) is 0.278. The molecule has 0 spiro atoms. The zero-order chi connectivity index (χ0) is 17.6. The number of hydrogen-bond donors (Lipinski definition) is 1. The van der Waals surface area contributed by atoms with Crippen molar-refractivity contribution in [1.29, 1.82) is 0 Å². The Morgan fingerprint density at radius 1 is 1.04 bits per heavy atom. The van der Waals surface area contributed by atoms with Gasteiger partial charge in [0, 0.05) is 13.6 Å². The largest absolute Gasteiger partial charge is 0.356 e. The lowest BCUT2D eigenvalue weighted by Gasteiger charge is -2.19. The van der Waals surface area contributed by atoms with Crippen LogP contribution >= 0.6 is 0 Å². The topological polar surface area (TPSA) is 66.5 Å². The summed E-state index contributed by atoms with van der Waals surface area (Å²) in [4.78, 5) is 12.0. The molecule has 0 aliphatic carbocycles. The van der Waals surface area contributed by atoms with Crippen molar-refractivity contribution in [2.45, 2.75) is 24.7 Å². The van der Waals surface area contributed by atoms with Gasteiger partial charge >= 0.3 is 0 Å². The molecule has 0 saturated heterocycles. The highest BCUT2D eigenvalue weighted by molar-refractivity contribution is 7.92. The number of nitrogens with zero attached hydrogens (tertiary/aromatic N) is 1. The van der Waals surface area contributed by atoms with Gasteiger partial charge in [-0.1, -0.05) is 37.3 Å². The first-order valence-corrected chi connectivity index (χ1v) is 9.28. The van der Waals surface area contributed by atoms with Crippen molar-refractivity contribution < 1.29 is 13.2 Å². The van der Waals surface area contributed by atoms with E-state index in [9.17, 15) is 13.2 Å². The summed E-state index contributed by atoms with van der Waals surface area (Å²) >= 11 is 0. The molecule has 2 aromatic rings. The van der Waals surface area contributed by atoms with E-state index in [1.54, 1.807) is 54.6 Å². The third-order valence-corrected chi connectivity index (χ3v) is 5.44. The number of anilines is 1. The molecule has 0 aromatic heterocycles. The minimum absolute atomic E-state index is 0.0325. The van der Waals surface area contributed by atoms with E-state index in [1.807, 2.05) is 6.92 Å². The van der Waals surface area contributed by atoms with Gasteiger partial charge < -0.3 is 5.32 Å². The maximum absolute atomic E-state index is 12.6. The van der Waals surface area contributed by atoms with Crippen LogP contribution in [0.1, 0.15) is 18.9 Å². The maximum atomic E-state index is 12.6. The number of amides is 1. The van der Waals surface area contributed by atoms with Crippen molar-refractivity contribution in [1.82, 2.24) is 5.32 Å². The molecule has 0 atom stereocenters. The standard InChI is InChI=1S/C18H22N2O3S/c1-3-13-19-18(21)14-15-9-11-16(12-10-15)20(2)24(22,23)17-7-5-4-6-8-17/h4-12H,3,13-14H2,1-2H3,(H,19,21). The van der Waals surface area contributed by atoms with Gasteiger partial charge in [-0.2, -0.15) is 0 Å². The molecule has 1 N–H and O–H groups in total. The number of sulfonamides is 1. The molecule has 0 radical (unpaired) electrons. The molecule has 1 amide bonds. The molecule has 0 fully saturated rings. The molecule has 0 aliphatic rings. The van der Waals surface area contributed by atoms with Gasteiger partial charge in [-0.3, -0.25) is 9.10 Å². The van der Waals surface area contributed by atoms with E-state index in [0.717, 1.165) is 12.0 Å². The highest BCUT2D eigenvalue weighted by Crippen LogP contribution is 2.22. The van der Waals surface area contributed by atoms with Crippen LogP contribution in [0.3, 0.4) is 0 Å². The Hall–Kier alpha value is -2.34. The van der Waals surface area contributed by atoms with Gasteiger partial charge in [-0.15, -0.1) is 0 Å². The van der Waals surface area contributed by atoms with E-state index in [1.165, 1.54) is 11.4 Å². The van der Waals surface area contributed by atoms with Crippen LogP contribution in [0, 0.1) is 0 Å². The van der Waals surface area contributed by atoms with Crippen molar-refractivity contribution >= 4 is 21.6 Å². The van der Waals surface area contributed by atoms with E-state index in [4.69, 9.17) is 0 Å². The van der Waals surface area contributed by atoms with Gasteiger partial charge in [-0.25, -0.2) is 8.42 Å². The minimum atomic E-state index is -3.59. The molecule has 0 aliphatic heterocycles. The third-order valence-electron chi connectivity index (χ3n) is 3.64. The fourth-order valence-corrected chi connectivity index (χ4v) is 3.44. The second kappa shape index (κ2) is 7.97. The molecule has 24 heavy (non-hydrogen) atoms. The fourth-order valence-electron chi connectivity index (χ4n) is 2.23. The molecule has 0 bridgehead atoms. The van der Waals surface area contributed by atoms with Gasteiger partial charge in [-0.05, 0) is 36.2 Å². The molecule has 2 rings (SSSR count). The Balaban J connectivity index is 2.11. The summed E-state index contributed by atoms with van der Waals surface area (Å²) in [5.74, 6) is -0.0325. The summed E-state index contributed by atoms with van der Waals surface area (Å²) in [5.41, 5.74) is 1.40. The van der Waals surface area contributed by atoms with E-state index in [2.05, 4.69) is 5.32 Å². The average Bonchev–Trinajstić information content (AvgIpc) is 2.60. The molecule has 128 valence electrons. The van der Waals surface area contributed by atoms with Gasteiger partial charge in [0.15, 0.2) is 0 Å². The quantitative estimate of drug-likeness (QED) is 0.838. The van der Waals surface area contributed by atoms with E-state index in [0.29, 0.717) is 12.2 Å². The lowest BCUT2D eigenvalue weighted by atomic mass is 10.1. The zero-order valence-electron chi connectivity index (χ0n) is 13.9. The van der Waals surface area contributed by atoms with E-state index >= 15 is 0 Å². The number of carbonyl (C=O) groups excluding carboxylic acids is 1. The first kappa shape index (κ1) is 18.0. The Kier molecular flexibility index (Phi) is 5.98. The molecule has 2 aromatic carbocycles. The van der Waals surface area contributed by atoms with Crippen LogP contribution in [0.5, 0.6) is 0 Å². The SMILES string of the molecule is CCCNC(=O)Cc1ccc(N(C)S(=O)(=O)c2ccccc2)cc1. The zero-order valence-corrected chi connectivity index (χ0v) is 14.7. The van der Waals surface area contributed by atoms with Crippen molar-refractivity contribution in [3.05, 3.63) is 60.2 Å². The monoisotopic (exact) mass is 346 g/mol. The number of carbonyl (C=O) groups is 1. The first-order valence-electron chi connectivity index (χ1n) is 7.84. The second-order valence-corrected chi connectivity index (χ2v) is 7.45. The highest BCUT2D eigenvalue weighted by Gasteiger charge is 2.20. The van der Waals surface area contributed by atoms with Gasteiger partial charge in [0.1, 0.15) is 0 Å². The van der Waals surface area contributed by atoms with E-state index < -0.39 is 10.0 Å². The Morgan fingerprint density at radius 3 is 2.25 bits per heavy atom. The van der Waals surface area contributed by atoms with Crippen LogP contribution in [0.25, 0.3) is 0 Å². The van der Waals surface area contributed by atoms with Gasteiger partial charge in [0.2, 0.25) is 5.91 Å². The van der Waals surface area contributed by atoms with Crippen LogP contribution < -0.4 is 9.62 Å². The number of benzene rings is 2. The van der Waals surface area contributed by atoms with Crippen LogP contribution in [-0.4, -0.2) is 27.9 Å². The molecule has 0 unspecified atom stereocenters. The number of nitrogens with one attached hydrogen (secondary N) is 1. The van der Waals surface area contributed by atoms with Crippen molar-refractivity contribution in [3.63, 3.8) is 0 Å². The minimum Gasteiger partial charge on any atom is -0.356 e. The van der Waals surface area contributed by atoms with Gasteiger partial charge in [0.25, 0.3) is 10.0 Å². The van der Waals surface area contributed by atoms with Gasteiger partial charge in [0.05, 0.1) is 17.0 Å².